The van der Waals surface area contributed by atoms with Crippen molar-refractivity contribution in [1.82, 2.24) is 15.3 Å². The molecule has 2 aliphatic rings. The van der Waals surface area contributed by atoms with E-state index in [0.717, 1.165) is 6.08 Å². The van der Waals surface area contributed by atoms with Gasteiger partial charge in [0.1, 0.15) is 29.8 Å². The molecule has 1 aromatic rings. The molecule has 11 nitrogen and oxygen atoms in total. The fourth-order valence-corrected chi connectivity index (χ4v) is 4.64. The molecule has 3 N–H and O–H groups in total. The average molecular weight is 485 g/mol. The Morgan fingerprint density at radius 1 is 1.42 bits per heavy atom. The molecule has 2 aliphatic heterocycles. The third-order valence-electron chi connectivity index (χ3n) is 4.82. The summed E-state index contributed by atoms with van der Waals surface area (Å²) in [6.45, 7) is 4.48. The monoisotopic (exact) mass is 485 g/mol. The number of amides is 1. The first-order chi connectivity index (χ1) is 15.6. The van der Waals surface area contributed by atoms with Gasteiger partial charge in [-0.05, 0) is 19.1 Å². The minimum absolute atomic E-state index is 0.0653. The van der Waals surface area contributed by atoms with Gasteiger partial charge < -0.3 is 29.3 Å². The number of aliphatic hydroxyl groups is 1. The SMILES string of the molecule is C=C1NC(=O)C=CN1C1OC(COP(=O)(NC(C)C(=O)OC)Oc2ccccc2)C(O)C1F. The first-order valence-corrected chi connectivity index (χ1v) is 11.5. The van der Waals surface area contributed by atoms with Crippen molar-refractivity contribution in [3.05, 3.63) is 55.0 Å². The van der Waals surface area contributed by atoms with Gasteiger partial charge in [-0.2, -0.15) is 5.09 Å². The van der Waals surface area contributed by atoms with Crippen LogP contribution in [-0.4, -0.2) is 66.2 Å². The number of halogens is 1. The Balaban J connectivity index is 1.72. The molecule has 0 radical (unpaired) electrons. The van der Waals surface area contributed by atoms with Gasteiger partial charge in [-0.25, -0.2) is 8.96 Å². The van der Waals surface area contributed by atoms with E-state index < -0.39 is 56.9 Å². The Labute approximate surface area is 189 Å². The predicted molar refractivity (Wildman–Crippen MR) is 113 cm³/mol. The van der Waals surface area contributed by atoms with Gasteiger partial charge in [-0.15, -0.1) is 0 Å². The number of rotatable bonds is 9. The van der Waals surface area contributed by atoms with Gasteiger partial charge in [0.15, 0.2) is 12.4 Å². The predicted octanol–water partition coefficient (Wildman–Crippen LogP) is 1.18. The number of hydrogen-bond donors (Lipinski definition) is 3. The summed E-state index contributed by atoms with van der Waals surface area (Å²) >= 11 is 0. The molecule has 3 rings (SSSR count). The van der Waals surface area contributed by atoms with Crippen molar-refractivity contribution in [3.63, 3.8) is 0 Å². The maximum absolute atomic E-state index is 14.8. The summed E-state index contributed by atoms with van der Waals surface area (Å²) in [5.41, 5.74) is 0. The third-order valence-corrected chi connectivity index (χ3v) is 6.46. The van der Waals surface area contributed by atoms with E-state index in [2.05, 4.69) is 21.7 Å². The van der Waals surface area contributed by atoms with Crippen LogP contribution < -0.4 is 14.9 Å². The Morgan fingerprint density at radius 3 is 2.76 bits per heavy atom. The fraction of sp³-hybridized carbons (Fsp3) is 0.400. The van der Waals surface area contributed by atoms with Crippen LogP contribution in [0, 0.1) is 0 Å². The largest absolute Gasteiger partial charge is 0.468 e. The lowest BCUT2D eigenvalue weighted by molar-refractivity contribution is -0.142. The van der Waals surface area contributed by atoms with Crippen molar-refractivity contribution in [3.8, 4) is 5.75 Å². The number of methoxy groups -OCH3 is 1. The highest BCUT2D eigenvalue weighted by Gasteiger charge is 2.48. The number of para-hydroxylation sites is 1. The molecule has 0 aliphatic carbocycles. The van der Waals surface area contributed by atoms with Crippen molar-refractivity contribution >= 4 is 19.6 Å². The van der Waals surface area contributed by atoms with Crippen molar-refractivity contribution in [1.29, 1.82) is 0 Å². The lowest BCUT2D eigenvalue weighted by Gasteiger charge is -2.31. The molecule has 0 spiro atoms. The second-order valence-electron chi connectivity index (χ2n) is 7.23. The summed E-state index contributed by atoms with van der Waals surface area (Å²) in [5.74, 6) is -0.899. The Hall–Kier alpha value is -2.76. The zero-order valence-electron chi connectivity index (χ0n) is 17.9. The van der Waals surface area contributed by atoms with E-state index in [0.29, 0.717) is 0 Å². The van der Waals surface area contributed by atoms with Crippen molar-refractivity contribution in [2.75, 3.05) is 13.7 Å². The number of nitrogens with one attached hydrogen (secondary N) is 2. The molecule has 180 valence electrons. The van der Waals surface area contributed by atoms with Crippen molar-refractivity contribution < 1.29 is 42.2 Å². The molecular weight excluding hydrogens is 460 g/mol. The Kier molecular flexibility index (Phi) is 7.88. The molecule has 0 bridgehead atoms. The fourth-order valence-electron chi connectivity index (χ4n) is 3.14. The minimum atomic E-state index is -4.20. The summed E-state index contributed by atoms with van der Waals surface area (Å²) in [6, 6.07) is 6.99. The molecule has 6 atom stereocenters. The van der Waals surface area contributed by atoms with Gasteiger partial charge in [0.05, 0.1) is 13.7 Å². The van der Waals surface area contributed by atoms with Crippen LogP contribution >= 0.6 is 7.75 Å². The number of carbonyl (C=O) groups excluding carboxylic acids is 2. The van der Waals surface area contributed by atoms with E-state index in [-0.39, 0.29) is 11.6 Å². The first kappa shape index (κ1) is 24.9. The third kappa shape index (κ3) is 5.98. The highest BCUT2D eigenvalue weighted by Crippen LogP contribution is 2.45. The average Bonchev–Trinajstić information content (AvgIpc) is 3.06. The van der Waals surface area contributed by atoms with Crippen LogP contribution in [-0.2, 0) is 28.2 Å². The van der Waals surface area contributed by atoms with Crippen LogP contribution in [0.3, 0.4) is 0 Å². The van der Waals surface area contributed by atoms with Crippen LogP contribution in [0.2, 0.25) is 0 Å². The quantitative estimate of drug-likeness (QED) is 0.346. The molecule has 33 heavy (non-hydrogen) atoms. The first-order valence-electron chi connectivity index (χ1n) is 9.92. The standard InChI is InChI=1S/C20H25FN3O8P/c1-12(20(27)29-3)23-33(28,32-14-7-5-4-6-8-14)30-11-15-18(26)17(21)19(31-15)24-10-9-16(25)22-13(24)2/h4-10,12,15,17-19,26H,2,11H2,1,3H3,(H,22,25)(H,23,28). The van der Waals surface area contributed by atoms with Gasteiger partial charge in [-0.3, -0.25) is 14.1 Å². The molecule has 2 heterocycles. The summed E-state index contributed by atoms with van der Waals surface area (Å²) in [7, 11) is -3.04. The molecular formula is C20H25FN3O8P. The van der Waals surface area contributed by atoms with Crippen LogP contribution in [0.4, 0.5) is 4.39 Å². The molecule has 1 aromatic carbocycles. The number of esters is 1. The number of carbonyl (C=O) groups is 2. The molecule has 0 aromatic heterocycles. The lowest BCUT2D eigenvalue weighted by atomic mass is 10.1. The number of hydrogen-bond acceptors (Lipinski definition) is 9. The molecule has 0 saturated carbocycles. The maximum Gasteiger partial charge on any atom is 0.459 e. The molecule has 1 amide bonds. The number of ether oxygens (including phenoxy) is 2. The number of aliphatic hydroxyl groups excluding tert-OH is 1. The zero-order valence-corrected chi connectivity index (χ0v) is 18.8. The van der Waals surface area contributed by atoms with Gasteiger partial charge in [0.25, 0.3) is 5.91 Å². The molecule has 13 heteroatoms. The van der Waals surface area contributed by atoms with Crippen LogP contribution in [0.5, 0.6) is 5.75 Å². The maximum atomic E-state index is 14.8. The lowest BCUT2D eigenvalue weighted by Crippen LogP contribution is -2.45. The molecule has 1 saturated heterocycles. The summed E-state index contributed by atoms with van der Waals surface area (Å²) in [4.78, 5) is 24.4. The van der Waals surface area contributed by atoms with E-state index in [1.807, 2.05) is 0 Å². The highest BCUT2D eigenvalue weighted by molar-refractivity contribution is 7.52. The Morgan fingerprint density at radius 2 is 2.12 bits per heavy atom. The van der Waals surface area contributed by atoms with Gasteiger partial charge in [-0.1, -0.05) is 24.8 Å². The van der Waals surface area contributed by atoms with Crippen molar-refractivity contribution in [2.45, 2.75) is 37.6 Å². The van der Waals surface area contributed by atoms with Gasteiger partial charge >= 0.3 is 13.7 Å². The second-order valence-corrected chi connectivity index (χ2v) is 8.92. The van der Waals surface area contributed by atoms with E-state index in [9.17, 15) is 23.7 Å². The summed E-state index contributed by atoms with van der Waals surface area (Å²) in [6.07, 6.45) is -3.66. The Bertz CT molecular complexity index is 962. The van der Waals surface area contributed by atoms with Gasteiger partial charge in [0, 0.05) is 12.3 Å². The second kappa shape index (κ2) is 10.4. The zero-order chi connectivity index (χ0) is 24.2. The number of nitrogens with zero attached hydrogens (tertiary/aromatic N) is 1. The van der Waals surface area contributed by atoms with Crippen LogP contribution in [0.25, 0.3) is 0 Å². The van der Waals surface area contributed by atoms with Crippen LogP contribution in [0.15, 0.2) is 55.0 Å². The summed E-state index contributed by atoms with van der Waals surface area (Å²) < 4.78 is 49.2. The summed E-state index contributed by atoms with van der Waals surface area (Å²) in [5, 5.41) is 15.2. The number of benzene rings is 1. The normalized spacial score (nSPS) is 27.6. The molecule has 6 unspecified atom stereocenters. The van der Waals surface area contributed by atoms with Crippen LogP contribution in [0.1, 0.15) is 6.92 Å². The van der Waals surface area contributed by atoms with E-state index in [1.165, 1.54) is 37.3 Å². The van der Waals surface area contributed by atoms with E-state index >= 15 is 0 Å². The highest BCUT2D eigenvalue weighted by atomic mass is 31.2. The topological polar surface area (TPSA) is 136 Å². The van der Waals surface area contributed by atoms with Gasteiger partial charge in [0.2, 0.25) is 0 Å². The molecule has 1 fully saturated rings. The van der Waals surface area contributed by atoms with E-state index in [1.54, 1.807) is 18.2 Å². The number of alkyl halides is 1. The smallest absolute Gasteiger partial charge is 0.459 e. The van der Waals surface area contributed by atoms with E-state index in [4.69, 9.17) is 13.8 Å². The minimum Gasteiger partial charge on any atom is -0.468 e. The van der Waals surface area contributed by atoms with Crippen molar-refractivity contribution in [2.24, 2.45) is 0 Å².